The summed E-state index contributed by atoms with van der Waals surface area (Å²) >= 11 is 5.85. The highest BCUT2D eigenvalue weighted by molar-refractivity contribution is 7.89. The zero-order chi connectivity index (χ0) is 19.3. The highest BCUT2D eigenvalue weighted by Gasteiger charge is 2.32. The molecule has 0 bridgehead atoms. The molecule has 1 heterocycles. The van der Waals surface area contributed by atoms with Crippen LogP contribution in [0.1, 0.15) is 57.8 Å². The van der Waals surface area contributed by atoms with Crippen LogP contribution in [0.25, 0.3) is 0 Å². The summed E-state index contributed by atoms with van der Waals surface area (Å²) in [5, 5.41) is 3.74. The van der Waals surface area contributed by atoms with Gasteiger partial charge in [0.25, 0.3) is 0 Å². The molecule has 1 saturated heterocycles. The van der Waals surface area contributed by atoms with Gasteiger partial charge in [-0.2, -0.15) is 4.31 Å². The molecule has 0 radical (unpaired) electrons. The van der Waals surface area contributed by atoms with Gasteiger partial charge >= 0.3 is 0 Å². The summed E-state index contributed by atoms with van der Waals surface area (Å²) in [4.78, 5) is 12.9. The standard InChI is InChI=1S/C20H29ClN2O3S/c21-17-8-10-19(11-9-17)27(25,26)23-14-12-16(13-15-23)20(24)22-18-6-4-2-1-3-5-7-18/h8-11,16,18H,1-7,12-15H2,(H,22,24). The number of piperidine rings is 1. The second kappa shape index (κ2) is 9.39. The fourth-order valence-electron chi connectivity index (χ4n) is 4.03. The quantitative estimate of drug-likeness (QED) is 0.813. The minimum atomic E-state index is -3.52. The van der Waals surface area contributed by atoms with Crippen LogP contribution in [0.3, 0.4) is 0 Å². The van der Waals surface area contributed by atoms with Crippen LogP contribution >= 0.6 is 11.6 Å². The maximum absolute atomic E-state index is 12.7. The van der Waals surface area contributed by atoms with Crippen LogP contribution in [0, 0.1) is 5.92 Å². The molecular formula is C20H29ClN2O3S. The second-order valence-corrected chi connectivity index (χ2v) is 10.1. The third kappa shape index (κ3) is 5.46. The summed E-state index contributed by atoms with van der Waals surface area (Å²) in [6.07, 6.45) is 9.47. The predicted octanol–water partition coefficient (Wildman–Crippen LogP) is 3.97. The molecule has 1 aromatic rings. The molecule has 1 aliphatic heterocycles. The van der Waals surface area contributed by atoms with E-state index in [0.717, 1.165) is 12.8 Å². The number of rotatable bonds is 4. The van der Waals surface area contributed by atoms with Crippen molar-refractivity contribution in [3.8, 4) is 0 Å². The van der Waals surface area contributed by atoms with Crippen LogP contribution in [0.2, 0.25) is 5.02 Å². The lowest BCUT2D eigenvalue weighted by Crippen LogP contribution is -2.45. The molecule has 0 atom stereocenters. The van der Waals surface area contributed by atoms with Gasteiger partial charge in [0.2, 0.25) is 15.9 Å². The first-order chi connectivity index (χ1) is 13.0. The average molecular weight is 413 g/mol. The monoisotopic (exact) mass is 412 g/mol. The predicted molar refractivity (Wildman–Crippen MR) is 107 cm³/mol. The van der Waals surface area contributed by atoms with Crippen LogP contribution in [-0.4, -0.2) is 37.8 Å². The summed E-state index contributed by atoms with van der Waals surface area (Å²) in [5.41, 5.74) is 0. The van der Waals surface area contributed by atoms with Crippen molar-refractivity contribution < 1.29 is 13.2 Å². The summed E-state index contributed by atoms with van der Waals surface area (Å²) in [7, 11) is -3.52. The molecule has 7 heteroatoms. The van der Waals surface area contributed by atoms with Crippen LogP contribution in [0.4, 0.5) is 0 Å². The number of carbonyl (C=O) groups is 1. The maximum atomic E-state index is 12.7. The highest BCUT2D eigenvalue weighted by Crippen LogP contribution is 2.25. The molecule has 1 aromatic carbocycles. The van der Waals surface area contributed by atoms with Crippen molar-refractivity contribution in [1.82, 2.24) is 9.62 Å². The Kier molecular flexibility index (Phi) is 7.17. The first-order valence-electron chi connectivity index (χ1n) is 10.0. The van der Waals surface area contributed by atoms with Gasteiger partial charge in [0.15, 0.2) is 0 Å². The Bertz CT molecular complexity index is 720. The topological polar surface area (TPSA) is 66.5 Å². The number of sulfonamides is 1. The fourth-order valence-corrected chi connectivity index (χ4v) is 5.63. The SMILES string of the molecule is O=C(NC1CCCCCCC1)C1CCN(S(=O)(=O)c2ccc(Cl)cc2)CC1. The van der Waals surface area contributed by atoms with E-state index < -0.39 is 10.0 Å². The minimum absolute atomic E-state index is 0.0906. The molecule has 0 unspecified atom stereocenters. The largest absolute Gasteiger partial charge is 0.353 e. The van der Waals surface area contributed by atoms with Crippen molar-refractivity contribution >= 4 is 27.5 Å². The zero-order valence-corrected chi connectivity index (χ0v) is 17.3. The molecule has 150 valence electrons. The molecule has 0 spiro atoms. The summed E-state index contributed by atoms with van der Waals surface area (Å²) in [5.74, 6) is 0.0104. The number of hydrogen-bond acceptors (Lipinski definition) is 3. The molecule has 1 N–H and O–H groups in total. The van der Waals surface area contributed by atoms with Crippen molar-refractivity contribution in [2.24, 2.45) is 5.92 Å². The number of nitrogens with zero attached hydrogens (tertiary/aromatic N) is 1. The van der Waals surface area contributed by atoms with Crippen LogP contribution in [0.5, 0.6) is 0 Å². The molecule has 1 aliphatic carbocycles. The second-order valence-electron chi connectivity index (χ2n) is 7.68. The van der Waals surface area contributed by atoms with E-state index in [1.54, 1.807) is 12.1 Å². The summed E-state index contributed by atoms with van der Waals surface area (Å²) < 4.78 is 27.0. The van der Waals surface area contributed by atoms with Crippen LogP contribution in [-0.2, 0) is 14.8 Å². The van der Waals surface area contributed by atoms with Crippen LogP contribution < -0.4 is 5.32 Å². The van der Waals surface area contributed by atoms with E-state index in [4.69, 9.17) is 11.6 Å². The van der Waals surface area contributed by atoms with Crippen LogP contribution in [0.15, 0.2) is 29.2 Å². The van der Waals surface area contributed by atoms with Crippen molar-refractivity contribution in [3.05, 3.63) is 29.3 Å². The van der Waals surface area contributed by atoms with Crippen molar-refractivity contribution in [3.63, 3.8) is 0 Å². The van der Waals surface area contributed by atoms with E-state index in [0.29, 0.717) is 31.0 Å². The van der Waals surface area contributed by atoms with Gasteiger partial charge in [0.1, 0.15) is 0 Å². The van der Waals surface area contributed by atoms with E-state index in [9.17, 15) is 13.2 Å². The Morgan fingerprint density at radius 2 is 1.48 bits per heavy atom. The Morgan fingerprint density at radius 1 is 0.926 bits per heavy atom. The molecule has 0 aromatic heterocycles. The normalized spacial score (nSPS) is 21.4. The Morgan fingerprint density at radius 3 is 2.07 bits per heavy atom. The fraction of sp³-hybridized carbons (Fsp3) is 0.650. The number of carbonyl (C=O) groups excluding carboxylic acids is 1. The number of benzene rings is 1. The first kappa shape index (κ1) is 20.6. The number of nitrogens with one attached hydrogen (secondary N) is 1. The number of halogens is 1. The Hall–Kier alpha value is -1.11. The van der Waals surface area contributed by atoms with Crippen molar-refractivity contribution in [2.75, 3.05) is 13.1 Å². The van der Waals surface area contributed by atoms with Crippen molar-refractivity contribution in [2.45, 2.75) is 68.7 Å². The van der Waals surface area contributed by atoms with Gasteiger partial charge in [-0.15, -0.1) is 0 Å². The molecule has 2 aliphatic rings. The number of amides is 1. The molecule has 3 rings (SSSR count). The first-order valence-corrected chi connectivity index (χ1v) is 11.8. The molecule has 5 nitrogen and oxygen atoms in total. The molecule has 2 fully saturated rings. The van der Waals surface area contributed by atoms with Gasteiger partial charge in [0.05, 0.1) is 4.90 Å². The average Bonchev–Trinajstić information content (AvgIpc) is 2.64. The lowest BCUT2D eigenvalue weighted by atomic mass is 9.94. The van der Waals surface area contributed by atoms with Gasteiger partial charge in [0, 0.05) is 30.1 Å². The van der Waals surface area contributed by atoms with E-state index >= 15 is 0 Å². The van der Waals surface area contributed by atoms with E-state index in [1.165, 1.54) is 48.5 Å². The van der Waals surface area contributed by atoms with Crippen molar-refractivity contribution in [1.29, 1.82) is 0 Å². The number of hydrogen-bond donors (Lipinski definition) is 1. The molecule has 1 amide bonds. The summed E-state index contributed by atoms with van der Waals surface area (Å²) in [6.45, 7) is 0.765. The van der Waals surface area contributed by atoms with Gasteiger partial charge in [-0.1, -0.05) is 43.7 Å². The summed E-state index contributed by atoms with van der Waals surface area (Å²) in [6, 6.07) is 6.53. The van der Waals surface area contributed by atoms with E-state index in [2.05, 4.69) is 5.32 Å². The molecule has 1 saturated carbocycles. The third-order valence-electron chi connectivity index (χ3n) is 5.73. The Balaban J connectivity index is 1.53. The molecule has 27 heavy (non-hydrogen) atoms. The van der Waals surface area contributed by atoms with Gasteiger partial charge in [-0.3, -0.25) is 4.79 Å². The van der Waals surface area contributed by atoms with Gasteiger partial charge in [-0.25, -0.2) is 8.42 Å². The van der Waals surface area contributed by atoms with E-state index in [-0.39, 0.29) is 22.8 Å². The smallest absolute Gasteiger partial charge is 0.243 e. The molecular weight excluding hydrogens is 384 g/mol. The minimum Gasteiger partial charge on any atom is -0.353 e. The third-order valence-corrected chi connectivity index (χ3v) is 7.89. The highest BCUT2D eigenvalue weighted by atomic mass is 35.5. The zero-order valence-electron chi connectivity index (χ0n) is 15.7. The Labute approximate surface area is 167 Å². The van der Waals surface area contributed by atoms with E-state index in [1.807, 2.05) is 0 Å². The maximum Gasteiger partial charge on any atom is 0.243 e. The lowest BCUT2D eigenvalue weighted by Gasteiger charge is -2.31. The van der Waals surface area contributed by atoms with Gasteiger partial charge in [-0.05, 0) is 49.9 Å². The van der Waals surface area contributed by atoms with Gasteiger partial charge < -0.3 is 5.32 Å². The lowest BCUT2D eigenvalue weighted by molar-refractivity contribution is -0.127.